The highest BCUT2D eigenvalue weighted by atomic mass is 16.6. The number of oxime groups is 1. The van der Waals surface area contributed by atoms with Gasteiger partial charge >= 0.3 is 5.97 Å². The van der Waals surface area contributed by atoms with E-state index in [2.05, 4.69) is 28.8 Å². The summed E-state index contributed by atoms with van der Waals surface area (Å²) in [5.41, 5.74) is 3.39. The quantitative estimate of drug-likeness (QED) is 0.193. The predicted molar refractivity (Wildman–Crippen MR) is 109 cm³/mol. The lowest BCUT2D eigenvalue weighted by molar-refractivity contribution is -0.131. The minimum Gasteiger partial charge on any atom is -0.493 e. The molecule has 0 aliphatic heterocycles. The molecule has 0 aliphatic carbocycles. The van der Waals surface area contributed by atoms with E-state index in [1.54, 1.807) is 30.5 Å². The normalized spacial score (nSPS) is 11.1. The molecule has 0 N–H and O–H groups in total. The van der Waals surface area contributed by atoms with Gasteiger partial charge in [-0.15, -0.1) is 0 Å². The molecular weight excluding hydrogens is 356 g/mol. The second-order valence-corrected chi connectivity index (χ2v) is 6.41. The maximum atomic E-state index is 10.9. The highest BCUT2D eigenvalue weighted by molar-refractivity contribution is 6.00. The summed E-state index contributed by atoms with van der Waals surface area (Å²) >= 11 is 0. The number of hydrogen-bond acceptors (Lipinski definition) is 5. The Morgan fingerprint density at radius 3 is 2.54 bits per heavy atom. The standard InChI is InChI=1S/C22H24N2O4/c1-16-21(20-7-4-5-8-22(20)24(16)3)15-23-27-14-6-13-26-18-9-11-19(12-10-18)28-17(2)25/h4-5,7-12,15H,6,13-14H2,1-3H3/b23-15+. The van der Waals surface area contributed by atoms with Gasteiger partial charge in [0.2, 0.25) is 0 Å². The number of para-hydroxylation sites is 1. The molecule has 0 amide bonds. The van der Waals surface area contributed by atoms with Crippen LogP contribution in [0.4, 0.5) is 0 Å². The van der Waals surface area contributed by atoms with Gasteiger partial charge in [-0.05, 0) is 37.3 Å². The molecule has 6 nitrogen and oxygen atoms in total. The molecule has 0 aliphatic rings. The van der Waals surface area contributed by atoms with E-state index in [1.165, 1.54) is 12.4 Å². The summed E-state index contributed by atoms with van der Waals surface area (Å²) < 4.78 is 12.8. The average molecular weight is 380 g/mol. The van der Waals surface area contributed by atoms with E-state index in [0.717, 1.165) is 16.6 Å². The molecule has 2 aromatic carbocycles. The fourth-order valence-corrected chi connectivity index (χ4v) is 2.94. The minimum atomic E-state index is -0.343. The van der Waals surface area contributed by atoms with Gasteiger partial charge in [-0.3, -0.25) is 4.79 Å². The van der Waals surface area contributed by atoms with Gasteiger partial charge in [-0.2, -0.15) is 0 Å². The van der Waals surface area contributed by atoms with Crippen LogP contribution in [0, 0.1) is 6.92 Å². The molecule has 0 saturated heterocycles. The Labute approximate surface area is 164 Å². The van der Waals surface area contributed by atoms with E-state index < -0.39 is 0 Å². The molecule has 0 radical (unpaired) electrons. The number of esters is 1. The third kappa shape index (κ3) is 4.71. The molecule has 3 rings (SSSR count). The van der Waals surface area contributed by atoms with E-state index in [0.29, 0.717) is 31.1 Å². The van der Waals surface area contributed by atoms with Crippen LogP contribution in [0.25, 0.3) is 10.9 Å². The number of aromatic nitrogens is 1. The molecular formula is C22H24N2O4. The van der Waals surface area contributed by atoms with Crippen molar-refractivity contribution in [2.45, 2.75) is 20.3 Å². The number of carbonyl (C=O) groups excluding carboxylic acids is 1. The summed E-state index contributed by atoms with van der Waals surface area (Å²) in [5, 5.41) is 5.27. The van der Waals surface area contributed by atoms with Gasteiger partial charge in [0.15, 0.2) is 0 Å². The number of hydrogen-bond donors (Lipinski definition) is 0. The Hall–Kier alpha value is -3.28. The predicted octanol–water partition coefficient (Wildman–Crippen LogP) is 4.23. The first-order chi connectivity index (χ1) is 13.6. The van der Waals surface area contributed by atoms with Crippen molar-refractivity contribution >= 4 is 23.1 Å². The number of ether oxygens (including phenoxy) is 2. The average Bonchev–Trinajstić information content (AvgIpc) is 2.93. The van der Waals surface area contributed by atoms with Gasteiger partial charge in [-0.25, -0.2) is 0 Å². The number of fused-ring (bicyclic) bond motifs is 1. The second-order valence-electron chi connectivity index (χ2n) is 6.41. The monoisotopic (exact) mass is 380 g/mol. The highest BCUT2D eigenvalue weighted by Crippen LogP contribution is 2.23. The van der Waals surface area contributed by atoms with Gasteiger partial charge in [0.1, 0.15) is 18.1 Å². The summed E-state index contributed by atoms with van der Waals surface area (Å²) in [4.78, 5) is 16.3. The van der Waals surface area contributed by atoms with E-state index >= 15 is 0 Å². The zero-order chi connectivity index (χ0) is 19.9. The van der Waals surface area contributed by atoms with Crippen LogP contribution >= 0.6 is 0 Å². The summed E-state index contributed by atoms with van der Waals surface area (Å²) in [6.07, 6.45) is 2.48. The molecule has 0 saturated carbocycles. The van der Waals surface area contributed by atoms with Crippen molar-refractivity contribution in [3.8, 4) is 11.5 Å². The van der Waals surface area contributed by atoms with Crippen molar-refractivity contribution in [1.29, 1.82) is 0 Å². The largest absolute Gasteiger partial charge is 0.493 e. The molecule has 1 heterocycles. The first kappa shape index (κ1) is 19.5. The van der Waals surface area contributed by atoms with Crippen LogP contribution in [0.3, 0.4) is 0 Å². The molecule has 3 aromatic rings. The van der Waals surface area contributed by atoms with E-state index in [-0.39, 0.29) is 5.97 Å². The molecule has 0 bridgehead atoms. The summed E-state index contributed by atoms with van der Waals surface area (Å²) in [6.45, 7) is 4.41. The van der Waals surface area contributed by atoms with Crippen molar-refractivity contribution in [1.82, 2.24) is 4.57 Å². The molecule has 28 heavy (non-hydrogen) atoms. The van der Waals surface area contributed by atoms with Gasteiger partial charge in [0.25, 0.3) is 0 Å². The van der Waals surface area contributed by atoms with Crippen LogP contribution in [-0.4, -0.2) is 30.0 Å². The smallest absolute Gasteiger partial charge is 0.308 e. The van der Waals surface area contributed by atoms with Gasteiger partial charge < -0.3 is 18.9 Å². The van der Waals surface area contributed by atoms with Gasteiger partial charge in [0.05, 0.1) is 12.8 Å². The van der Waals surface area contributed by atoms with Crippen LogP contribution in [-0.2, 0) is 16.7 Å². The maximum absolute atomic E-state index is 10.9. The van der Waals surface area contributed by atoms with Crippen molar-refractivity contribution in [2.75, 3.05) is 13.2 Å². The zero-order valence-electron chi connectivity index (χ0n) is 16.3. The first-order valence-corrected chi connectivity index (χ1v) is 9.17. The zero-order valence-corrected chi connectivity index (χ0v) is 16.3. The van der Waals surface area contributed by atoms with Crippen LogP contribution < -0.4 is 9.47 Å². The SMILES string of the molecule is CC(=O)Oc1ccc(OCCCO/N=C/c2c(C)n(C)c3ccccc23)cc1. The number of benzene rings is 2. The lowest BCUT2D eigenvalue weighted by Crippen LogP contribution is -2.02. The van der Waals surface area contributed by atoms with Crippen LogP contribution in [0.5, 0.6) is 11.5 Å². The number of rotatable bonds is 8. The fourth-order valence-electron chi connectivity index (χ4n) is 2.94. The van der Waals surface area contributed by atoms with Gasteiger partial charge in [0, 0.05) is 42.6 Å². The summed E-state index contributed by atoms with van der Waals surface area (Å²) in [5.74, 6) is 0.872. The lowest BCUT2D eigenvalue weighted by Gasteiger charge is -2.06. The van der Waals surface area contributed by atoms with Crippen molar-refractivity contribution < 1.29 is 19.1 Å². The molecule has 1 aromatic heterocycles. The van der Waals surface area contributed by atoms with Crippen LogP contribution in [0.15, 0.2) is 53.7 Å². The number of aryl methyl sites for hydroxylation is 1. The topological polar surface area (TPSA) is 62.1 Å². The number of nitrogens with zero attached hydrogens (tertiary/aromatic N) is 2. The Morgan fingerprint density at radius 2 is 1.79 bits per heavy atom. The Morgan fingerprint density at radius 1 is 1.07 bits per heavy atom. The van der Waals surface area contributed by atoms with Crippen LogP contribution in [0.1, 0.15) is 24.6 Å². The molecule has 0 fully saturated rings. The molecule has 0 spiro atoms. The Balaban J connectivity index is 1.43. The molecule has 6 heteroatoms. The first-order valence-electron chi connectivity index (χ1n) is 9.17. The summed E-state index contributed by atoms with van der Waals surface area (Å²) in [6, 6.07) is 15.2. The third-order valence-corrected chi connectivity index (χ3v) is 4.44. The second kappa shape index (κ2) is 9.08. The maximum Gasteiger partial charge on any atom is 0.308 e. The number of carbonyl (C=O) groups is 1. The van der Waals surface area contributed by atoms with Crippen molar-refractivity contribution in [3.63, 3.8) is 0 Å². The highest BCUT2D eigenvalue weighted by Gasteiger charge is 2.09. The Bertz CT molecular complexity index is 974. The van der Waals surface area contributed by atoms with Crippen LogP contribution in [0.2, 0.25) is 0 Å². The van der Waals surface area contributed by atoms with Crippen molar-refractivity contribution in [2.24, 2.45) is 12.2 Å². The summed E-state index contributed by atoms with van der Waals surface area (Å²) in [7, 11) is 2.05. The van der Waals surface area contributed by atoms with E-state index in [9.17, 15) is 4.79 Å². The molecule has 0 unspecified atom stereocenters. The van der Waals surface area contributed by atoms with E-state index in [1.807, 2.05) is 19.2 Å². The third-order valence-electron chi connectivity index (χ3n) is 4.44. The van der Waals surface area contributed by atoms with Gasteiger partial charge in [-0.1, -0.05) is 23.4 Å². The molecule has 146 valence electrons. The molecule has 0 atom stereocenters. The lowest BCUT2D eigenvalue weighted by atomic mass is 10.1. The van der Waals surface area contributed by atoms with Crippen molar-refractivity contribution in [3.05, 3.63) is 59.8 Å². The Kier molecular flexibility index (Phi) is 6.32. The minimum absolute atomic E-state index is 0.343. The fraction of sp³-hybridized carbons (Fsp3) is 0.273. The van der Waals surface area contributed by atoms with E-state index in [4.69, 9.17) is 14.3 Å².